The van der Waals surface area contributed by atoms with Crippen molar-refractivity contribution in [2.24, 2.45) is 5.73 Å². The number of carboxylic acid groups (broad SMARTS) is 1. The summed E-state index contributed by atoms with van der Waals surface area (Å²) in [7, 11) is 0. The Hall–Kier alpha value is -2.57. The Labute approximate surface area is 187 Å². The van der Waals surface area contributed by atoms with Crippen molar-refractivity contribution in [1.29, 1.82) is 0 Å². The molecule has 2 aromatic rings. The average molecular weight is 442 g/mol. The first kappa shape index (κ1) is 21.7. The smallest absolute Gasteiger partial charge is 0.335 e. The van der Waals surface area contributed by atoms with E-state index < -0.39 is 5.97 Å². The van der Waals surface area contributed by atoms with E-state index in [4.69, 9.17) is 17.3 Å². The Balaban J connectivity index is 1.46. The molecular weight excluding hydrogens is 414 g/mol. The van der Waals surface area contributed by atoms with Gasteiger partial charge in [0, 0.05) is 41.8 Å². The fourth-order valence-corrected chi connectivity index (χ4v) is 5.29. The van der Waals surface area contributed by atoms with E-state index in [0.717, 1.165) is 42.0 Å². The first-order valence-electron chi connectivity index (χ1n) is 10.7. The van der Waals surface area contributed by atoms with Crippen LogP contribution >= 0.6 is 11.6 Å². The normalized spacial score (nSPS) is 24.0. The molecule has 0 atom stereocenters. The summed E-state index contributed by atoms with van der Waals surface area (Å²) >= 11 is 6.22. The fourth-order valence-electron chi connectivity index (χ4n) is 5.10. The van der Waals surface area contributed by atoms with Crippen LogP contribution in [0.25, 0.3) is 0 Å². The summed E-state index contributed by atoms with van der Waals surface area (Å²) in [6, 6.07) is 13.1. The number of nitrogens with two attached hydrogens (primary N) is 1. The van der Waals surface area contributed by atoms with Crippen molar-refractivity contribution in [3.63, 3.8) is 0 Å². The molecule has 2 amide bonds. The second-order valence-electron chi connectivity index (χ2n) is 8.66. The standard InChI is InChI=1S/C24H28ClN3O3/c1-16-13-17(22(29)30)5-6-21(16)28-12-11-27(23(28)31)20-7-9-24(15-26,10-8-20)18-3-2-4-19(25)14-18/h2-6,13-14,20H,7-12,15,26H2,1H3,(H,29,30). The third kappa shape index (κ3) is 4.02. The van der Waals surface area contributed by atoms with Crippen molar-refractivity contribution in [1.82, 2.24) is 4.90 Å². The largest absolute Gasteiger partial charge is 0.478 e. The van der Waals surface area contributed by atoms with Crippen LogP contribution in [0.4, 0.5) is 10.5 Å². The van der Waals surface area contributed by atoms with Crippen molar-refractivity contribution in [2.75, 3.05) is 24.5 Å². The molecule has 1 aliphatic heterocycles. The number of hydrogen-bond acceptors (Lipinski definition) is 3. The number of nitrogens with zero attached hydrogens (tertiary/aromatic N) is 2. The minimum atomic E-state index is -0.964. The fraction of sp³-hybridized carbons (Fsp3) is 0.417. The third-order valence-corrected chi connectivity index (χ3v) is 7.19. The Morgan fingerprint density at radius 2 is 1.94 bits per heavy atom. The number of carbonyl (C=O) groups is 2. The number of benzene rings is 2. The average Bonchev–Trinajstić information content (AvgIpc) is 3.14. The van der Waals surface area contributed by atoms with Crippen molar-refractivity contribution in [3.05, 3.63) is 64.2 Å². The van der Waals surface area contributed by atoms with Crippen molar-refractivity contribution >= 4 is 29.3 Å². The lowest BCUT2D eigenvalue weighted by Crippen LogP contribution is -2.47. The van der Waals surface area contributed by atoms with E-state index in [1.165, 1.54) is 5.56 Å². The molecule has 1 heterocycles. The van der Waals surface area contributed by atoms with E-state index in [-0.39, 0.29) is 23.1 Å². The highest BCUT2D eigenvalue weighted by atomic mass is 35.5. The molecule has 3 N–H and O–H groups in total. The molecule has 1 aliphatic carbocycles. The van der Waals surface area contributed by atoms with Gasteiger partial charge in [-0.25, -0.2) is 9.59 Å². The van der Waals surface area contributed by atoms with E-state index >= 15 is 0 Å². The molecule has 0 bridgehead atoms. The maximum Gasteiger partial charge on any atom is 0.335 e. The number of aryl methyl sites for hydroxylation is 1. The summed E-state index contributed by atoms with van der Waals surface area (Å²) in [5.41, 5.74) is 9.12. The summed E-state index contributed by atoms with van der Waals surface area (Å²) in [5, 5.41) is 9.91. The zero-order valence-corrected chi connectivity index (χ0v) is 18.4. The highest BCUT2D eigenvalue weighted by Crippen LogP contribution is 2.41. The topological polar surface area (TPSA) is 86.9 Å². The highest BCUT2D eigenvalue weighted by Gasteiger charge is 2.41. The first-order chi connectivity index (χ1) is 14.8. The molecule has 1 saturated heterocycles. The number of anilines is 1. The van der Waals surface area contributed by atoms with Crippen LogP contribution in [0.1, 0.15) is 47.2 Å². The summed E-state index contributed by atoms with van der Waals surface area (Å²) in [6.45, 7) is 3.70. The minimum absolute atomic E-state index is 0.000760. The van der Waals surface area contributed by atoms with E-state index in [1.54, 1.807) is 23.1 Å². The van der Waals surface area contributed by atoms with Gasteiger partial charge >= 0.3 is 12.0 Å². The van der Waals surface area contributed by atoms with Crippen LogP contribution in [0.2, 0.25) is 5.02 Å². The SMILES string of the molecule is Cc1cc(C(=O)O)ccc1N1CCN(C2CCC(CN)(c3cccc(Cl)c3)CC2)C1=O. The summed E-state index contributed by atoms with van der Waals surface area (Å²) < 4.78 is 0. The molecule has 2 aromatic carbocycles. The van der Waals surface area contributed by atoms with Crippen LogP contribution in [-0.2, 0) is 5.41 Å². The molecule has 31 heavy (non-hydrogen) atoms. The van der Waals surface area contributed by atoms with E-state index in [1.807, 2.05) is 30.0 Å². The number of rotatable bonds is 5. The predicted molar refractivity (Wildman–Crippen MR) is 122 cm³/mol. The van der Waals surface area contributed by atoms with Gasteiger partial charge in [0.2, 0.25) is 0 Å². The third-order valence-electron chi connectivity index (χ3n) is 6.96. The Bertz CT molecular complexity index is 1000. The van der Waals surface area contributed by atoms with Gasteiger partial charge in [-0.05, 0) is 74.1 Å². The molecule has 1 saturated carbocycles. The number of amides is 2. The maximum atomic E-state index is 13.2. The maximum absolute atomic E-state index is 13.2. The molecule has 2 fully saturated rings. The summed E-state index contributed by atoms with van der Waals surface area (Å²) in [5.74, 6) is -0.964. The molecule has 164 valence electrons. The lowest BCUT2D eigenvalue weighted by Gasteiger charge is -2.42. The first-order valence-corrected chi connectivity index (χ1v) is 11.1. The van der Waals surface area contributed by atoms with Gasteiger partial charge in [0.1, 0.15) is 0 Å². The van der Waals surface area contributed by atoms with Gasteiger partial charge in [0.25, 0.3) is 0 Å². The number of carboxylic acids is 1. The van der Waals surface area contributed by atoms with Gasteiger partial charge in [-0.2, -0.15) is 0 Å². The molecule has 4 rings (SSSR count). The number of urea groups is 1. The van der Waals surface area contributed by atoms with E-state index in [9.17, 15) is 14.7 Å². The minimum Gasteiger partial charge on any atom is -0.478 e. The van der Waals surface area contributed by atoms with Gasteiger partial charge in [-0.15, -0.1) is 0 Å². The van der Waals surface area contributed by atoms with Gasteiger partial charge in [0.15, 0.2) is 0 Å². The van der Waals surface area contributed by atoms with Crippen LogP contribution in [-0.4, -0.2) is 47.7 Å². The second kappa shape index (κ2) is 8.52. The zero-order chi connectivity index (χ0) is 22.2. The van der Waals surface area contributed by atoms with Crippen LogP contribution < -0.4 is 10.6 Å². The van der Waals surface area contributed by atoms with Crippen LogP contribution in [0.3, 0.4) is 0 Å². The quantitative estimate of drug-likeness (QED) is 0.718. The Morgan fingerprint density at radius 3 is 2.55 bits per heavy atom. The monoisotopic (exact) mass is 441 g/mol. The van der Waals surface area contributed by atoms with Crippen molar-refractivity contribution in [2.45, 2.75) is 44.1 Å². The number of hydrogen-bond donors (Lipinski definition) is 2. The molecule has 0 radical (unpaired) electrons. The van der Waals surface area contributed by atoms with E-state index in [2.05, 4.69) is 6.07 Å². The number of aromatic carboxylic acids is 1. The molecule has 2 aliphatic rings. The summed E-state index contributed by atoms with van der Waals surface area (Å²) in [6.07, 6.45) is 3.65. The van der Waals surface area contributed by atoms with Crippen LogP contribution in [0.15, 0.2) is 42.5 Å². The second-order valence-corrected chi connectivity index (χ2v) is 9.10. The molecule has 7 heteroatoms. The number of carbonyl (C=O) groups excluding carboxylic acids is 1. The molecular formula is C24H28ClN3O3. The van der Waals surface area contributed by atoms with Crippen molar-refractivity contribution in [3.8, 4) is 0 Å². The highest BCUT2D eigenvalue weighted by molar-refractivity contribution is 6.30. The van der Waals surface area contributed by atoms with Gasteiger partial charge < -0.3 is 15.7 Å². The van der Waals surface area contributed by atoms with E-state index in [0.29, 0.717) is 19.6 Å². The van der Waals surface area contributed by atoms with Gasteiger partial charge in [0.05, 0.1) is 5.56 Å². The Kier molecular flexibility index (Phi) is 5.95. The molecule has 0 aromatic heterocycles. The number of halogens is 1. The molecule has 0 spiro atoms. The summed E-state index contributed by atoms with van der Waals surface area (Å²) in [4.78, 5) is 28.2. The van der Waals surface area contributed by atoms with Crippen molar-refractivity contribution < 1.29 is 14.7 Å². The van der Waals surface area contributed by atoms with Gasteiger partial charge in [-0.1, -0.05) is 23.7 Å². The zero-order valence-electron chi connectivity index (χ0n) is 17.7. The lowest BCUT2D eigenvalue weighted by atomic mass is 9.68. The van der Waals surface area contributed by atoms with Crippen LogP contribution in [0, 0.1) is 6.92 Å². The molecule has 6 nitrogen and oxygen atoms in total. The van der Waals surface area contributed by atoms with Crippen LogP contribution in [0.5, 0.6) is 0 Å². The predicted octanol–water partition coefficient (Wildman–Crippen LogP) is 4.43. The van der Waals surface area contributed by atoms with Gasteiger partial charge in [-0.3, -0.25) is 4.90 Å². The lowest BCUT2D eigenvalue weighted by molar-refractivity contribution is 0.0696. The Morgan fingerprint density at radius 1 is 1.19 bits per heavy atom. The molecule has 0 unspecified atom stereocenters.